The largest absolute Gasteiger partial charge is 0.496 e. The van der Waals surface area contributed by atoms with Gasteiger partial charge < -0.3 is 29.7 Å². The molecule has 3 aliphatic rings. The molecule has 6 atom stereocenters. The van der Waals surface area contributed by atoms with Crippen molar-refractivity contribution >= 4 is 23.7 Å². The van der Waals surface area contributed by atoms with Gasteiger partial charge >= 0.3 is 5.97 Å². The fourth-order valence-electron chi connectivity index (χ4n) is 5.97. The lowest BCUT2D eigenvalue weighted by molar-refractivity contribution is -0.165. The monoisotopic (exact) mass is 529 g/mol. The second kappa shape index (κ2) is 10.9. The number of nitrogens with zero attached hydrogens (tertiary/aromatic N) is 1. The van der Waals surface area contributed by atoms with E-state index in [1.807, 2.05) is 20.8 Å². The minimum absolute atomic E-state index is 0.0180. The third kappa shape index (κ3) is 5.36. The molecule has 2 saturated heterocycles. The van der Waals surface area contributed by atoms with Gasteiger partial charge in [0, 0.05) is 23.8 Å². The number of carbonyl (C=O) groups excluding carboxylic acids is 4. The van der Waals surface area contributed by atoms with Crippen LogP contribution >= 0.6 is 0 Å². The molecule has 4 rings (SSSR count). The molecule has 5 unspecified atom stereocenters. The third-order valence-corrected chi connectivity index (χ3v) is 7.87. The lowest BCUT2D eigenvalue weighted by atomic mass is 9.84. The van der Waals surface area contributed by atoms with Gasteiger partial charge in [-0.05, 0) is 56.6 Å². The second-order valence-electron chi connectivity index (χ2n) is 11.5. The van der Waals surface area contributed by atoms with Gasteiger partial charge in [0.25, 0.3) is 5.91 Å². The van der Waals surface area contributed by atoms with E-state index in [0.29, 0.717) is 23.5 Å². The summed E-state index contributed by atoms with van der Waals surface area (Å²) in [5, 5.41) is 5.88. The number of carbonyl (C=O) groups is 4. The Bertz CT molecular complexity index is 1100. The lowest BCUT2D eigenvalue weighted by Gasteiger charge is -2.40. The molecule has 2 aliphatic heterocycles. The van der Waals surface area contributed by atoms with Crippen molar-refractivity contribution in [3.8, 4) is 5.75 Å². The van der Waals surface area contributed by atoms with Crippen molar-refractivity contribution in [1.82, 2.24) is 15.5 Å². The maximum atomic E-state index is 14.1. The Labute approximate surface area is 223 Å². The zero-order valence-corrected chi connectivity index (χ0v) is 23.0. The van der Waals surface area contributed by atoms with Crippen molar-refractivity contribution in [1.29, 1.82) is 0 Å². The fraction of sp³-hybridized carbons (Fsp3) is 0.643. The zero-order chi connectivity index (χ0) is 27.8. The van der Waals surface area contributed by atoms with E-state index in [2.05, 4.69) is 10.6 Å². The van der Waals surface area contributed by atoms with Gasteiger partial charge in [-0.2, -0.15) is 0 Å². The summed E-state index contributed by atoms with van der Waals surface area (Å²) in [5.74, 6) is -0.798. The maximum absolute atomic E-state index is 14.1. The van der Waals surface area contributed by atoms with Gasteiger partial charge in [-0.15, -0.1) is 0 Å². The van der Waals surface area contributed by atoms with E-state index in [0.717, 1.165) is 19.3 Å². The molecule has 208 valence electrons. The first-order chi connectivity index (χ1) is 18.0. The second-order valence-corrected chi connectivity index (χ2v) is 11.5. The first kappa shape index (κ1) is 27.9. The molecule has 1 aromatic rings. The number of ether oxygens (including phenoxy) is 3. The number of methoxy groups -OCH3 is 1. The van der Waals surface area contributed by atoms with Crippen LogP contribution in [0.25, 0.3) is 0 Å². The number of esters is 1. The highest BCUT2D eigenvalue weighted by Crippen LogP contribution is 2.44. The van der Waals surface area contributed by atoms with Crippen LogP contribution in [0.15, 0.2) is 18.2 Å². The molecule has 10 heteroatoms. The summed E-state index contributed by atoms with van der Waals surface area (Å²) >= 11 is 0. The molecule has 3 fully saturated rings. The zero-order valence-electron chi connectivity index (χ0n) is 23.0. The Morgan fingerprint density at radius 2 is 1.95 bits per heavy atom. The number of rotatable bonds is 8. The normalized spacial score (nSPS) is 27.2. The number of piperidine rings is 1. The average Bonchev–Trinajstić information content (AvgIpc) is 3.56. The van der Waals surface area contributed by atoms with Gasteiger partial charge in [0.2, 0.25) is 18.1 Å². The van der Waals surface area contributed by atoms with Crippen molar-refractivity contribution in [3.63, 3.8) is 0 Å². The molecule has 1 aromatic carbocycles. The van der Waals surface area contributed by atoms with Gasteiger partial charge in [0.05, 0.1) is 13.5 Å². The summed E-state index contributed by atoms with van der Waals surface area (Å²) in [4.78, 5) is 54.6. The van der Waals surface area contributed by atoms with Crippen molar-refractivity contribution < 1.29 is 33.4 Å². The molecule has 1 aliphatic carbocycles. The predicted molar refractivity (Wildman–Crippen MR) is 138 cm³/mol. The van der Waals surface area contributed by atoms with Crippen LogP contribution in [0, 0.1) is 18.3 Å². The topological polar surface area (TPSA) is 123 Å². The summed E-state index contributed by atoms with van der Waals surface area (Å²) in [6, 6.07) is 2.99. The van der Waals surface area contributed by atoms with Crippen molar-refractivity contribution in [3.05, 3.63) is 29.3 Å². The molecule has 0 radical (unpaired) electrons. The lowest BCUT2D eigenvalue weighted by Crippen LogP contribution is -2.62. The highest BCUT2D eigenvalue weighted by molar-refractivity contribution is 6.00. The molecule has 2 bridgehead atoms. The minimum atomic E-state index is -0.859. The summed E-state index contributed by atoms with van der Waals surface area (Å²) in [7, 11) is 1.54. The van der Waals surface area contributed by atoms with Gasteiger partial charge in [-0.3, -0.25) is 19.2 Å². The number of benzene rings is 1. The molecule has 2 heterocycles. The first-order valence-corrected chi connectivity index (χ1v) is 13.3. The Balaban J connectivity index is 1.56. The Kier molecular flexibility index (Phi) is 8.01. The Morgan fingerprint density at radius 3 is 2.61 bits per heavy atom. The van der Waals surface area contributed by atoms with E-state index < -0.39 is 35.8 Å². The number of likely N-dealkylation sites (tertiary alicyclic amines) is 1. The van der Waals surface area contributed by atoms with E-state index in [9.17, 15) is 19.2 Å². The van der Waals surface area contributed by atoms with Gasteiger partial charge in [0.15, 0.2) is 0 Å². The van der Waals surface area contributed by atoms with E-state index in [1.165, 1.54) is 0 Å². The van der Waals surface area contributed by atoms with Crippen LogP contribution in [0.2, 0.25) is 0 Å². The highest BCUT2D eigenvalue weighted by Gasteiger charge is 2.54. The maximum Gasteiger partial charge on any atom is 0.310 e. The van der Waals surface area contributed by atoms with Crippen LogP contribution in [0.3, 0.4) is 0 Å². The smallest absolute Gasteiger partial charge is 0.310 e. The molecular weight excluding hydrogens is 490 g/mol. The first-order valence-electron chi connectivity index (χ1n) is 13.3. The molecule has 0 spiro atoms. The molecule has 2 N–H and O–H groups in total. The van der Waals surface area contributed by atoms with Crippen LogP contribution in [-0.4, -0.2) is 72.8 Å². The summed E-state index contributed by atoms with van der Waals surface area (Å²) < 4.78 is 16.0. The van der Waals surface area contributed by atoms with Gasteiger partial charge in [-0.1, -0.05) is 26.8 Å². The molecule has 10 nitrogen and oxygen atoms in total. The van der Waals surface area contributed by atoms with Crippen LogP contribution in [0.5, 0.6) is 5.75 Å². The third-order valence-electron chi connectivity index (χ3n) is 7.87. The number of hydrogen-bond acceptors (Lipinski definition) is 7. The van der Waals surface area contributed by atoms with Crippen LogP contribution in [0.4, 0.5) is 0 Å². The number of nitrogens with one attached hydrogen (secondary N) is 2. The SMILES string of the molecule is CCO[C@H]1OC(=O)CC1NC(=O)C1C2CCC(C2)N1C(=O)C(NC(=O)c1cccc(OC)c1C)C(C)(C)C. The summed E-state index contributed by atoms with van der Waals surface area (Å²) in [6.07, 6.45) is 1.57. The molecule has 38 heavy (non-hydrogen) atoms. The number of fused-ring (bicyclic) bond motifs is 2. The van der Waals surface area contributed by atoms with Gasteiger partial charge in [-0.25, -0.2) is 0 Å². The quantitative estimate of drug-likeness (QED) is 0.496. The highest BCUT2D eigenvalue weighted by atomic mass is 16.7. The van der Waals surface area contributed by atoms with Crippen LogP contribution in [-0.2, 0) is 23.9 Å². The van der Waals surface area contributed by atoms with Gasteiger partial charge in [0.1, 0.15) is 23.9 Å². The predicted octanol–water partition coefficient (Wildman–Crippen LogP) is 2.32. The van der Waals surface area contributed by atoms with E-state index in [4.69, 9.17) is 14.2 Å². The fourth-order valence-corrected chi connectivity index (χ4v) is 5.97. The summed E-state index contributed by atoms with van der Waals surface area (Å²) in [6.45, 7) is 9.61. The number of hydrogen-bond donors (Lipinski definition) is 2. The molecule has 3 amide bonds. The van der Waals surface area contributed by atoms with Crippen LogP contribution < -0.4 is 15.4 Å². The minimum Gasteiger partial charge on any atom is -0.496 e. The van der Waals surface area contributed by atoms with Crippen molar-refractivity contribution in [2.24, 2.45) is 11.3 Å². The number of cyclic esters (lactones) is 1. The van der Waals surface area contributed by atoms with E-state index >= 15 is 0 Å². The van der Waals surface area contributed by atoms with E-state index in [1.54, 1.807) is 44.1 Å². The molecule has 1 saturated carbocycles. The Hall–Kier alpha value is -3.14. The standard InChI is InChI=1S/C28H39N3O7/c1-7-37-27-19(14-21(32)38-27)29-25(34)22-16-11-12-17(13-16)31(22)26(35)23(28(3,4)5)30-24(33)18-9-8-10-20(36-6)15(18)2/h8-10,16-17,19,22-23,27H,7,11-14H2,1-6H3,(H,29,34)(H,30,33)/t16?,17?,19?,22?,23?,27-/m0/s1. The Morgan fingerprint density at radius 1 is 1.21 bits per heavy atom. The van der Waals surface area contributed by atoms with Crippen molar-refractivity contribution in [2.75, 3.05) is 13.7 Å². The van der Waals surface area contributed by atoms with E-state index in [-0.39, 0.29) is 36.1 Å². The van der Waals surface area contributed by atoms with Crippen molar-refractivity contribution in [2.45, 2.75) is 90.8 Å². The average molecular weight is 530 g/mol. The van der Waals surface area contributed by atoms with Crippen LogP contribution in [0.1, 0.15) is 69.3 Å². The molecular formula is C28H39N3O7. The summed E-state index contributed by atoms with van der Waals surface area (Å²) in [5.41, 5.74) is 0.493. The molecule has 0 aromatic heterocycles. The number of amides is 3.